The summed E-state index contributed by atoms with van der Waals surface area (Å²) in [6, 6.07) is 3.47. The number of hydrogen-bond donors (Lipinski definition) is 0. The molecular weight excluding hydrogens is 275 g/mol. The van der Waals surface area contributed by atoms with E-state index in [0.29, 0.717) is 9.80 Å². The van der Waals surface area contributed by atoms with E-state index in [-0.39, 0.29) is 5.82 Å². The molecule has 0 aromatic heterocycles. The maximum absolute atomic E-state index is 13.0. The van der Waals surface area contributed by atoms with E-state index in [2.05, 4.69) is 31.9 Å². The third-order valence-corrected chi connectivity index (χ3v) is 3.08. The van der Waals surface area contributed by atoms with Crippen LogP contribution in [-0.2, 0) is 5.33 Å². The summed E-state index contributed by atoms with van der Waals surface area (Å²) in [6.45, 7) is 1.87. The van der Waals surface area contributed by atoms with Crippen LogP contribution in [-0.4, -0.2) is 0 Å². The Bertz CT molecular complexity index is 248. The Kier molecular flexibility index (Phi) is 3.07. The molecule has 60 valence electrons. The van der Waals surface area contributed by atoms with Crippen molar-refractivity contribution in [1.82, 2.24) is 0 Å². The van der Waals surface area contributed by atoms with Crippen molar-refractivity contribution in [2.24, 2.45) is 0 Å². The van der Waals surface area contributed by atoms with E-state index < -0.39 is 0 Å². The Morgan fingerprint density at radius 2 is 2.09 bits per heavy atom. The van der Waals surface area contributed by atoms with E-state index in [1.165, 1.54) is 6.07 Å². The minimum atomic E-state index is -0.195. The van der Waals surface area contributed by atoms with Gasteiger partial charge in [0.1, 0.15) is 5.82 Å². The van der Waals surface area contributed by atoms with Gasteiger partial charge in [-0.05, 0) is 40.0 Å². The summed E-state index contributed by atoms with van der Waals surface area (Å²) in [6.07, 6.45) is 0. The molecule has 0 bridgehead atoms. The Balaban J connectivity index is 3.21. The SMILES string of the molecule is Cc1cc(CBr)cc(F)c1Br. The fourth-order valence-corrected chi connectivity index (χ4v) is 1.43. The summed E-state index contributed by atoms with van der Waals surface area (Å²) >= 11 is 6.42. The van der Waals surface area contributed by atoms with Crippen LogP contribution in [0.1, 0.15) is 11.1 Å². The Labute approximate surface area is 82.1 Å². The van der Waals surface area contributed by atoms with Crippen LogP contribution in [0.15, 0.2) is 16.6 Å². The first-order valence-electron chi connectivity index (χ1n) is 3.15. The molecule has 0 N–H and O–H groups in total. The van der Waals surface area contributed by atoms with Crippen molar-refractivity contribution in [3.8, 4) is 0 Å². The second-order valence-corrected chi connectivity index (χ2v) is 3.70. The highest BCUT2D eigenvalue weighted by Gasteiger charge is 2.03. The normalized spacial score (nSPS) is 10.2. The van der Waals surface area contributed by atoms with Gasteiger partial charge < -0.3 is 0 Å². The largest absolute Gasteiger partial charge is 0.206 e. The average Bonchev–Trinajstić information content (AvgIpc) is 1.99. The van der Waals surface area contributed by atoms with Gasteiger partial charge in [-0.3, -0.25) is 0 Å². The van der Waals surface area contributed by atoms with Gasteiger partial charge in [0.25, 0.3) is 0 Å². The maximum atomic E-state index is 13.0. The first-order valence-corrected chi connectivity index (χ1v) is 5.07. The lowest BCUT2D eigenvalue weighted by atomic mass is 10.1. The van der Waals surface area contributed by atoms with E-state index in [0.717, 1.165) is 11.1 Å². The highest BCUT2D eigenvalue weighted by Crippen LogP contribution is 2.22. The fourth-order valence-electron chi connectivity index (χ4n) is 0.875. The number of alkyl halides is 1. The highest BCUT2D eigenvalue weighted by atomic mass is 79.9. The summed E-state index contributed by atoms with van der Waals surface area (Å²) in [7, 11) is 0. The van der Waals surface area contributed by atoms with Gasteiger partial charge in [-0.2, -0.15) is 0 Å². The van der Waals surface area contributed by atoms with Gasteiger partial charge in [-0.25, -0.2) is 4.39 Å². The van der Waals surface area contributed by atoms with E-state index >= 15 is 0 Å². The quantitative estimate of drug-likeness (QED) is 0.687. The number of halogens is 3. The van der Waals surface area contributed by atoms with Gasteiger partial charge in [0.05, 0.1) is 4.47 Å². The lowest BCUT2D eigenvalue weighted by Gasteiger charge is -2.02. The fraction of sp³-hybridized carbons (Fsp3) is 0.250. The predicted octanol–water partition coefficient (Wildman–Crippen LogP) is 3.79. The van der Waals surface area contributed by atoms with Gasteiger partial charge >= 0.3 is 0 Å². The standard InChI is InChI=1S/C8H7Br2F/c1-5-2-6(4-9)3-7(11)8(5)10/h2-3H,4H2,1H3. The molecule has 0 saturated heterocycles. The van der Waals surface area contributed by atoms with Gasteiger partial charge in [0, 0.05) is 5.33 Å². The molecule has 0 spiro atoms. The van der Waals surface area contributed by atoms with Crippen molar-refractivity contribution in [3.63, 3.8) is 0 Å². The number of hydrogen-bond acceptors (Lipinski definition) is 0. The second kappa shape index (κ2) is 3.68. The minimum Gasteiger partial charge on any atom is -0.206 e. The molecule has 0 heterocycles. The van der Waals surface area contributed by atoms with Gasteiger partial charge in [0.2, 0.25) is 0 Å². The van der Waals surface area contributed by atoms with Gasteiger partial charge in [-0.15, -0.1) is 0 Å². The third-order valence-electron chi connectivity index (χ3n) is 1.42. The molecule has 0 amide bonds. The summed E-state index contributed by atoms with van der Waals surface area (Å²) < 4.78 is 13.5. The molecule has 3 heteroatoms. The molecule has 1 rings (SSSR count). The van der Waals surface area contributed by atoms with Crippen molar-refractivity contribution in [1.29, 1.82) is 0 Å². The lowest BCUT2D eigenvalue weighted by Crippen LogP contribution is -1.86. The van der Waals surface area contributed by atoms with E-state index in [4.69, 9.17) is 0 Å². The Morgan fingerprint density at radius 1 is 1.45 bits per heavy atom. The molecule has 0 atom stereocenters. The second-order valence-electron chi connectivity index (χ2n) is 2.34. The van der Waals surface area contributed by atoms with Crippen LogP contribution in [0.3, 0.4) is 0 Å². The molecule has 1 aromatic carbocycles. The van der Waals surface area contributed by atoms with Crippen LogP contribution < -0.4 is 0 Å². The number of rotatable bonds is 1. The minimum absolute atomic E-state index is 0.195. The Morgan fingerprint density at radius 3 is 2.55 bits per heavy atom. The van der Waals surface area contributed by atoms with Gasteiger partial charge in [-0.1, -0.05) is 22.0 Å². The number of benzene rings is 1. The van der Waals surface area contributed by atoms with Gasteiger partial charge in [0.15, 0.2) is 0 Å². The summed E-state index contributed by atoms with van der Waals surface area (Å²) in [5, 5.41) is 0.692. The molecule has 0 aliphatic heterocycles. The van der Waals surface area contributed by atoms with Crippen LogP contribution in [0, 0.1) is 12.7 Å². The molecule has 0 nitrogen and oxygen atoms in total. The molecule has 0 saturated carbocycles. The zero-order chi connectivity index (χ0) is 8.43. The van der Waals surface area contributed by atoms with Crippen LogP contribution in [0.25, 0.3) is 0 Å². The molecule has 1 aromatic rings. The molecule has 0 aliphatic rings. The van der Waals surface area contributed by atoms with Crippen LogP contribution in [0.5, 0.6) is 0 Å². The number of aryl methyl sites for hydroxylation is 1. The van der Waals surface area contributed by atoms with Crippen molar-refractivity contribution in [2.45, 2.75) is 12.3 Å². The third kappa shape index (κ3) is 2.03. The van der Waals surface area contributed by atoms with Crippen molar-refractivity contribution in [2.75, 3.05) is 0 Å². The average molecular weight is 282 g/mol. The topological polar surface area (TPSA) is 0 Å². The zero-order valence-corrected chi connectivity index (χ0v) is 9.17. The first-order chi connectivity index (χ1) is 5.15. The lowest BCUT2D eigenvalue weighted by molar-refractivity contribution is 0.618. The smallest absolute Gasteiger partial charge is 0.137 e. The molecule has 0 aliphatic carbocycles. The molecule has 0 radical (unpaired) electrons. The van der Waals surface area contributed by atoms with Crippen LogP contribution >= 0.6 is 31.9 Å². The van der Waals surface area contributed by atoms with Crippen LogP contribution in [0.4, 0.5) is 4.39 Å². The molecule has 0 unspecified atom stereocenters. The highest BCUT2D eigenvalue weighted by molar-refractivity contribution is 9.10. The van der Waals surface area contributed by atoms with E-state index in [9.17, 15) is 4.39 Å². The first kappa shape index (κ1) is 9.20. The maximum Gasteiger partial charge on any atom is 0.137 e. The van der Waals surface area contributed by atoms with Crippen molar-refractivity contribution < 1.29 is 4.39 Å². The predicted molar refractivity (Wildman–Crippen MR) is 51.5 cm³/mol. The van der Waals surface area contributed by atoms with Crippen molar-refractivity contribution in [3.05, 3.63) is 33.5 Å². The summed E-state index contributed by atoms with van der Waals surface area (Å²) in [4.78, 5) is 0. The Hall–Kier alpha value is 0.110. The van der Waals surface area contributed by atoms with E-state index in [1.807, 2.05) is 13.0 Å². The molecule has 11 heavy (non-hydrogen) atoms. The summed E-state index contributed by atoms with van der Waals surface area (Å²) in [5.41, 5.74) is 1.89. The molecule has 0 fully saturated rings. The molecular formula is C8H7Br2F. The zero-order valence-electron chi connectivity index (χ0n) is 6.00. The van der Waals surface area contributed by atoms with Crippen molar-refractivity contribution >= 4 is 31.9 Å². The van der Waals surface area contributed by atoms with Crippen LogP contribution in [0.2, 0.25) is 0 Å². The van der Waals surface area contributed by atoms with E-state index in [1.54, 1.807) is 0 Å². The monoisotopic (exact) mass is 280 g/mol. The summed E-state index contributed by atoms with van der Waals surface area (Å²) in [5.74, 6) is -0.195.